The molecule has 108 valence electrons. The van der Waals surface area contributed by atoms with Crippen molar-refractivity contribution in [2.75, 3.05) is 0 Å². The summed E-state index contributed by atoms with van der Waals surface area (Å²) in [6.45, 7) is 0. The summed E-state index contributed by atoms with van der Waals surface area (Å²) in [6.07, 6.45) is 4.83. The van der Waals surface area contributed by atoms with Gasteiger partial charge in [0.2, 0.25) is 0 Å². The molecule has 1 unspecified atom stereocenters. The molecule has 0 fully saturated rings. The molecule has 1 atom stereocenters. The smallest absolute Gasteiger partial charge is 0.115 e. The van der Waals surface area contributed by atoms with E-state index in [1.807, 2.05) is 53.2 Å². The van der Waals surface area contributed by atoms with E-state index in [0.29, 0.717) is 0 Å². The zero-order valence-corrected chi connectivity index (χ0v) is 12.4. The average molecular weight is 307 g/mol. The molecule has 0 aliphatic heterocycles. The number of fused-ring (bicyclic) bond motifs is 1. The number of aromatic nitrogens is 3. The Hall–Kier alpha value is -2.50. The topological polar surface area (TPSA) is 50.4 Å². The second-order valence-electron chi connectivity index (χ2n) is 5.06. The molecule has 4 nitrogen and oxygen atoms in total. The van der Waals surface area contributed by atoms with Gasteiger partial charge in [-0.2, -0.15) is 5.10 Å². The minimum absolute atomic E-state index is 0.612. The van der Waals surface area contributed by atoms with Crippen molar-refractivity contribution in [3.8, 4) is 11.1 Å². The summed E-state index contributed by atoms with van der Waals surface area (Å²) in [7, 11) is 0. The predicted octanol–water partition coefficient (Wildman–Crippen LogP) is 3.54. The molecule has 4 aromatic rings. The van der Waals surface area contributed by atoms with Crippen molar-refractivity contribution in [2.24, 2.45) is 0 Å². The Morgan fingerprint density at radius 1 is 0.955 bits per heavy atom. The predicted molar refractivity (Wildman–Crippen MR) is 86.8 cm³/mol. The van der Waals surface area contributed by atoms with Gasteiger partial charge in [-0.3, -0.25) is 0 Å². The van der Waals surface area contributed by atoms with Crippen LogP contribution in [0.15, 0.2) is 67.1 Å². The van der Waals surface area contributed by atoms with E-state index in [0.717, 1.165) is 27.1 Å². The molecule has 0 saturated carbocycles. The molecule has 0 saturated heterocycles. The number of nitrogens with zero attached hydrogens (tertiary/aromatic N) is 3. The Morgan fingerprint density at radius 2 is 1.82 bits per heavy atom. The number of hydrogen-bond acceptors (Lipinski definition) is 4. The van der Waals surface area contributed by atoms with E-state index < -0.39 is 6.10 Å². The highest BCUT2D eigenvalue weighted by atomic mass is 32.1. The maximum atomic E-state index is 10.3. The molecule has 0 radical (unpaired) electrons. The third kappa shape index (κ3) is 2.30. The third-order valence-corrected chi connectivity index (χ3v) is 4.48. The van der Waals surface area contributed by atoms with Crippen LogP contribution in [0.2, 0.25) is 0 Å². The number of pyridine rings is 1. The summed E-state index contributed by atoms with van der Waals surface area (Å²) in [4.78, 5) is 0.855. The molecule has 0 spiro atoms. The van der Waals surface area contributed by atoms with E-state index in [2.05, 4.69) is 15.5 Å². The minimum Gasteiger partial charge on any atom is -0.383 e. The number of aliphatic hydroxyl groups is 1. The second kappa shape index (κ2) is 5.36. The van der Waals surface area contributed by atoms with Crippen molar-refractivity contribution in [2.45, 2.75) is 6.10 Å². The molecular formula is C17H13N3OS. The van der Waals surface area contributed by atoms with Gasteiger partial charge in [0.1, 0.15) is 6.10 Å². The van der Waals surface area contributed by atoms with E-state index >= 15 is 0 Å². The molecule has 0 aliphatic rings. The van der Waals surface area contributed by atoms with Crippen molar-refractivity contribution >= 4 is 17.0 Å². The Bertz CT molecular complexity index is 897. The molecule has 3 heterocycles. The molecule has 22 heavy (non-hydrogen) atoms. The molecule has 0 aliphatic carbocycles. The van der Waals surface area contributed by atoms with Crippen LogP contribution >= 0.6 is 11.5 Å². The van der Waals surface area contributed by atoms with E-state index in [1.165, 1.54) is 11.5 Å². The summed E-state index contributed by atoms with van der Waals surface area (Å²) in [6, 6.07) is 15.9. The molecule has 0 bridgehead atoms. The lowest BCUT2D eigenvalue weighted by Crippen LogP contribution is -1.96. The van der Waals surface area contributed by atoms with Gasteiger partial charge < -0.3 is 5.11 Å². The maximum Gasteiger partial charge on any atom is 0.115 e. The van der Waals surface area contributed by atoms with Gasteiger partial charge >= 0.3 is 0 Å². The molecule has 0 amide bonds. The standard InChI is InChI=1S/C17H13N3OS/c21-17(16-6-9-19-22-16)13-3-1-12(2-4-13)14-7-10-20-15(11-14)5-8-18-20/h1-11,17,21H. The maximum absolute atomic E-state index is 10.3. The molecular weight excluding hydrogens is 294 g/mol. The van der Waals surface area contributed by atoms with Crippen LogP contribution in [-0.4, -0.2) is 19.1 Å². The molecule has 3 aromatic heterocycles. The first-order valence-electron chi connectivity index (χ1n) is 6.94. The van der Waals surface area contributed by atoms with E-state index in [-0.39, 0.29) is 0 Å². The van der Waals surface area contributed by atoms with Gasteiger partial charge in [0.25, 0.3) is 0 Å². The van der Waals surface area contributed by atoms with Gasteiger partial charge in [-0.15, -0.1) is 0 Å². The summed E-state index contributed by atoms with van der Waals surface area (Å²) < 4.78 is 5.87. The van der Waals surface area contributed by atoms with Gasteiger partial charge in [0.05, 0.1) is 10.4 Å². The number of benzene rings is 1. The van der Waals surface area contributed by atoms with Crippen LogP contribution in [0.1, 0.15) is 16.5 Å². The normalized spacial score (nSPS) is 12.6. The molecule has 1 N–H and O–H groups in total. The lowest BCUT2D eigenvalue weighted by atomic mass is 10.0. The fraction of sp³-hybridized carbons (Fsp3) is 0.0588. The van der Waals surface area contributed by atoms with Crippen molar-refractivity contribution < 1.29 is 5.11 Å². The van der Waals surface area contributed by atoms with E-state index in [4.69, 9.17) is 0 Å². The van der Waals surface area contributed by atoms with Crippen molar-refractivity contribution in [3.63, 3.8) is 0 Å². The van der Waals surface area contributed by atoms with Crippen LogP contribution in [0.4, 0.5) is 0 Å². The van der Waals surface area contributed by atoms with Crippen molar-refractivity contribution in [1.29, 1.82) is 0 Å². The van der Waals surface area contributed by atoms with Gasteiger partial charge in [0, 0.05) is 18.6 Å². The van der Waals surface area contributed by atoms with Crippen molar-refractivity contribution in [1.82, 2.24) is 14.0 Å². The first-order chi connectivity index (χ1) is 10.8. The van der Waals surface area contributed by atoms with Crippen LogP contribution < -0.4 is 0 Å². The lowest BCUT2D eigenvalue weighted by Gasteiger charge is -2.09. The second-order valence-corrected chi connectivity index (χ2v) is 5.92. The fourth-order valence-electron chi connectivity index (χ4n) is 2.49. The van der Waals surface area contributed by atoms with E-state index in [9.17, 15) is 5.11 Å². The van der Waals surface area contributed by atoms with Crippen LogP contribution in [0, 0.1) is 0 Å². The monoisotopic (exact) mass is 307 g/mol. The Balaban J connectivity index is 1.66. The summed E-state index contributed by atoms with van der Waals surface area (Å²) in [5, 5.41) is 14.5. The summed E-state index contributed by atoms with van der Waals surface area (Å²) in [5.41, 5.74) is 4.18. The summed E-state index contributed by atoms with van der Waals surface area (Å²) in [5.74, 6) is 0. The third-order valence-electron chi connectivity index (χ3n) is 3.69. The van der Waals surface area contributed by atoms with Crippen molar-refractivity contribution in [3.05, 3.63) is 77.6 Å². The van der Waals surface area contributed by atoms with Gasteiger partial charge in [0.15, 0.2) is 0 Å². The number of hydrogen-bond donors (Lipinski definition) is 1. The quantitative estimate of drug-likeness (QED) is 0.630. The van der Waals surface area contributed by atoms with Gasteiger partial charge in [-0.1, -0.05) is 24.3 Å². The SMILES string of the molecule is OC(c1ccc(-c2ccn3nccc3c2)cc1)c1ccns1. The largest absolute Gasteiger partial charge is 0.383 e. The van der Waals surface area contributed by atoms with Crippen LogP contribution in [-0.2, 0) is 0 Å². The Labute approximate surface area is 131 Å². The van der Waals surface area contributed by atoms with Gasteiger partial charge in [-0.25, -0.2) is 8.89 Å². The summed E-state index contributed by atoms with van der Waals surface area (Å²) >= 11 is 1.32. The molecule has 1 aromatic carbocycles. The Kier molecular flexibility index (Phi) is 3.21. The number of aliphatic hydroxyl groups excluding tert-OH is 1. The first-order valence-corrected chi connectivity index (χ1v) is 7.71. The van der Waals surface area contributed by atoms with Gasteiger partial charge in [-0.05, 0) is 52.5 Å². The highest BCUT2D eigenvalue weighted by molar-refractivity contribution is 7.05. The Morgan fingerprint density at radius 3 is 2.59 bits per heavy atom. The highest BCUT2D eigenvalue weighted by Gasteiger charge is 2.12. The lowest BCUT2D eigenvalue weighted by molar-refractivity contribution is 0.224. The fourth-order valence-corrected chi connectivity index (χ4v) is 3.09. The van der Waals surface area contributed by atoms with Crippen LogP contribution in [0.25, 0.3) is 16.6 Å². The average Bonchev–Trinajstić information content (AvgIpc) is 3.25. The zero-order chi connectivity index (χ0) is 14.9. The van der Waals surface area contributed by atoms with E-state index in [1.54, 1.807) is 12.4 Å². The number of rotatable bonds is 3. The molecule has 4 rings (SSSR count). The zero-order valence-electron chi connectivity index (χ0n) is 11.6. The van der Waals surface area contributed by atoms with Crippen LogP contribution in [0.3, 0.4) is 0 Å². The highest BCUT2D eigenvalue weighted by Crippen LogP contribution is 2.27. The minimum atomic E-state index is -0.612. The first kappa shape index (κ1) is 13.2. The van der Waals surface area contributed by atoms with Crippen LogP contribution in [0.5, 0.6) is 0 Å². The molecule has 5 heteroatoms.